The molecule has 0 unspecified atom stereocenters. The molecule has 268 valence electrons. The van der Waals surface area contributed by atoms with E-state index in [0.717, 1.165) is 75.3 Å². The molecule has 7 aromatic rings. The summed E-state index contributed by atoms with van der Waals surface area (Å²) in [7, 11) is 0. The molecule has 0 spiro atoms. The number of benzene rings is 4. The van der Waals surface area contributed by atoms with Gasteiger partial charge in [-0.2, -0.15) is 16.7 Å². The van der Waals surface area contributed by atoms with Gasteiger partial charge in [0.05, 0.1) is 5.69 Å². The van der Waals surface area contributed by atoms with Crippen molar-refractivity contribution in [3.63, 3.8) is 0 Å². The molecule has 6 heteroatoms. The molecule has 0 aliphatic carbocycles. The van der Waals surface area contributed by atoms with E-state index in [2.05, 4.69) is 132 Å². The Balaban J connectivity index is 0.00000464. The smallest absolute Gasteiger partial charge is 0.509 e. The van der Waals surface area contributed by atoms with E-state index in [-0.39, 0.29) is 26.5 Å². The largest absolute Gasteiger partial charge is 2.00 e. The Morgan fingerprint density at radius 1 is 0.769 bits per heavy atom. The minimum atomic E-state index is 0. The van der Waals surface area contributed by atoms with Gasteiger partial charge < -0.3 is 9.30 Å². The number of nitrogens with zero attached hydrogens (tertiary/aromatic N) is 4. The Bertz CT molecular complexity index is 2330. The predicted molar refractivity (Wildman–Crippen MR) is 211 cm³/mol. The van der Waals surface area contributed by atoms with E-state index < -0.39 is 0 Å². The molecule has 0 radical (unpaired) electrons. The van der Waals surface area contributed by atoms with Crippen molar-refractivity contribution in [2.45, 2.75) is 87.0 Å². The molecule has 0 saturated heterocycles. The molecule has 0 saturated carbocycles. The van der Waals surface area contributed by atoms with E-state index >= 15 is 0 Å². The number of aromatic nitrogens is 4. The number of pyridine rings is 1. The first kappa shape index (κ1) is 37.3. The van der Waals surface area contributed by atoms with Gasteiger partial charge in [0.15, 0.2) is 0 Å². The zero-order valence-corrected chi connectivity index (χ0v) is 33.7. The molecule has 52 heavy (non-hydrogen) atoms. The molecular formula is C46H48N4OPt. The molecule has 0 aliphatic heterocycles. The van der Waals surface area contributed by atoms with Gasteiger partial charge in [-0.15, -0.1) is 35.7 Å². The summed E-state index contributed by atoms with van der Waals surface area (Å²) < 4.78 is 10.9. The van der Waals surface area contributed by atoms with Gasteiger partial charge in [-0.1, -0.05) is 88.5 Å². The number of hydrogen-bond donors (Lipinski definition) is 0. The molecule has 0 aliphatic rings. The molecule has 7 rings (SSSR count). The van der Waals surface area contributed by atoms with E-state index in [1.54, 1.807) is 0 Å². The first-order chi connectivity index (χ1) is 24.6. The maximum absolute atomic E-state index is 6.70. The first-order valence-corrected chi connectivity index (χ1v) is 18.4. The second kappa shape index (κ2) is 15.6. The number of fused-ring (bicyclic) bond motifs is 3. The van der Waals surface area contributed by atoms with Crippen molar-refractivity contribution in [3.8, 4) is 34.1 Å². The fraction of sp³-hybridized carbons (Fsp3) is 0.304. The summed E-state index contributed by atoms with van der Waals surface area (Å²) in [5.41, 5.74) is 11.2. The molecule has 4 aromatic carbocycles. The summed E-state index contributed by atoms with van der Waals surface area (Å²) in [4.78, 5) is 4.80. The number of ether oxygens (including phenoxy) is 1. The average molecular weight is 868 g/mol. The fourth-order valence-corrected chi connectivity index (χ4v) is 7.08. The Labute approximate surface area is 323 Å². The van der Waals surface area contributed by atoms with Gasteiger partial charge in [0.25, 0.3) is 0 Å². The van der Waals surface area contributed by atoms with Crippen LogP contribution in [0.3, 0.4) is 0 Å². The number of rotatable bonds is 11. The van der Waals surface area contributed by atoms with Gasteiger partial charge >= 0.3 is 21.1 Å². The van der Waals surface area contributed by atoms with Gasteiger partial charge in [-0.25, -0.2) is 4.98 Å². The minimum absolute atomic E-state index is 0. The topological polar surface area (TPSA) is 44.9 Å². The Morgan fingerprint density at radius 3 is 2.33 bits per heavy atom. The van der Waals surface area contributed by atoms with Crippen LogP contribution in [0.1, 0.15) is 81.5 Å². The summed E-state index contributed by atoms with van der Waals surface area (Å²) in [6.45, 7) is 15.4. The molecule has 0 N–H and O–H groups in total. The Kier molecular flexibility index (Phi) is 11.2. The van der Waals surface area contributed by atoms with E-state index in [1.807, 2.05) is 29.1 Å². The first-order valence-electron chi connectivity index (χ1n) is 18.4. The Morgan fingerprint density at radius 2 is 1.58 bits per heavy atom. The van der Waals surface area contributed by atoms with Crippen LogP contribution in [0.5, 0.6) is 11.5 Å². The SMILES string of the molecule is CCCCCc1ccc2c(c1)c1ccc(Oc3[c-]c(-n4nc(C)c(-c5ccccc5)c4C)cc(CCC(C)(C)C)c3)[c-]c1n2-c1cc(C)ccn1.[Pt+2]. The van der Waals surface area contributed by atoms with Crippen molar-refractivity contribution in [3.05, 3.63) is 131 Å². The van der Waals surface area contributed by atoms with E-state index in [0.29, 0.717) is 11.5 Å². The molecule has 0 bridgehead atoms. The van der Waals surface area contributed by atoms with Gasteiger partial charge in [-0.05, 0) is 97.8 Å². The van der Waals surface area contributed by atoms with Crippen molar-refractivity contribution in [2.75, 3.05) is 0 Å². The molecule has 0 atom stereocenters. The standard InChI is InChI=1S/C46H48N4O.Pt/c1-8-9-11-14-34-17-20-42-41(28-34)40-19-18-38(30-43(40)49(42)44-25-31(2)22-24-47-44)51-39-27-35(21-23-46(5,6)7)26-37(29-39)50-33(4)45(32(3)48-50)36-15-12-10-13-16-36;/h10,12-13,15-20,22,24-28H,8-9,11,14,21,23H2,1-7H3;/q-2;+2. The maximum Gasteiger partial charge on any atom is 2.00 e. The quantitative estimate of drug-likeness (QED) is 0.0961. The molecule has 3 heterocycles. The van der Waals surface area contributed by atoms with Crippen LogP contribution in [0.4, 0.5) is 0 Å². The van der Waals surface area contributed by atoms with Crippen molar-refractivity contribution in [2.24, 2.45) is 5.41 Å². The van der Waals surface area contributed by atoms with Crippen LogP contribution in [0.25, 0.3) is 44.4 Å². The van der Waals surface area contributed by atoms with Crippen molar-refractivity contribution in [1.82, 2.24) is 19.3 Å². The normalized spacial score (nSPS) is 11.7. The van der Waals surface area contributed by atoms with Crippen LogP contribution in [0, 0.1) is 38.3 Å². The monoisotopic (exact) mass is 867 g/mol. The summed E-state index contributed by atoms with van der Waals surface area (Å²) >= 11 is 0. The maximum atomic E-state index is 6.70. The third-order valence-corrected chi connectivity index (χ3v) is 9.77. The minimum Gasteiger partial charge on any atom is -0.509 e. The number of hydrogen-bond acceptors (Lipinski definition) is 3. The summed E-state index contributed by atoms with van der Waals surface area (Å²) in [6.07, 6.45) is 8.58. The van der Waals surface area contributed by atoms with E-state index in [1.165, 1.54) is 35.8 Å². The van der Waals surface area contributed by atoms with Crippen molar-refractivity contribution < 1.29 is 25.8 Å². The van der Waals surface area contributed by atoms with Gasteiger partial charge in [0, 0.05) is 34.5 Å². The second-order valence-electron chi connectivity index (χ2n) is 15.1. The molecule has 5 nitrogen and oxygen atoms in total. The average Bonchev–Trinajstić information content (AvgIpc) is 3.59. The molecule has 0 fully saturated rings. The Hall–Kier alpha value is -4.47. The van der Waals surface area contributed by atoms with Gasteiger partial charge in [-0.3, -0.25) is 4.68 Å². The second-order valence-corrected chi connectivity index (χ2v) is 15.1. The van der Waals surface area contributed by atoms with E-state index in [4.69, 9.17) is 14.8 Å². The summed E-state index contributed by atoms with van der Waals surface area (Å²) in [5.74, 6) is 2.16. The van der Waals surface area contributed by atoms with Crippen LogP contribution >= 0.6 is 0 Å². The van der Waals surface area contributed by atoms with Gasteiger partial charge in [0.2, 0.25) is 0 Å². The third-order valence-electron chi connectivity index (χ3n) is 9.77. The van der Waals surface area contributed by atoms with Crippen LogP contribution in [0.2, 0.25) is 0 Å². The zero-order chi connectivity index (χ0) is 35.7. The van der Waals surface area contributed by atoms with Crippen LogP contribution in [-0.2, 0) is 33.9 Å². The van der Waals surface area contributed by atoms with Crippen LogP contribution < -0.4 is 4.74 Å². The molecule has 0 amide bonds. The van der Waals surface area contributed by atoms with Crippen molar-refractivity contribution in [1.29, 1.82) is 0 Å². The summed E-state index contributed by atoms with van der Waals surface area (Å²) in [5, 5.41) is 7.36. The zero-order valence-electron chi connectivity index (χ0n) is 31.4. The van der Waals surface area contributed by atoms with Crippen LogP contribution in [0.15, 0.2) is 91.1 Å². The predicted octanol–water partition coefficient (Wildman–Crippen LogP) is 12.1. The number of unbranched alkanes of at least 4 members (excludes halogenated alkanes) is 2. The number of aryl methyl sites for hydroxylation is 4. The summed E-state index contributed by atoms with van der Waals surface area (Å²) in [6, 6.07) is 37.3. The fourth-order valence-electron chi connectivity index (χ4n) is 7.08. The van der Waals surface area contributed by atoms with Crippen molar-refractivity contribution >= 4 is 21.8 Å². The van der Waals surface area contributed by atoms with Gasteiger partial charge in [0.1, 0.15) is 5.82 Å². The molecule has 3 aromatic heterocycles. The van der Waals surface area contributed by atoms with Crippen LogP contribution in [-0.4, -0.2) is 19.3 Å². The molecular weight excluding hydrogens is 820 g/mol. The third kappa shape index (κ3) is 7.95. The van der Waals surface area contributed by atoms with E-state index in [9.17, 15) is 0 Å².